The van der Waals surface area contributed by atoms with Crippen LogP contribution in [-0.2, 0) is 13.0 Å². The molecule has 0 saturated carbocycles. The van der Waals surface area contributed by atoms with E-state index in [1.165, 1.54) is 6.07 Å². The van der Waals surface area contributed by atoms with E-state index in [4.69, 9.17) is 5.73 Å². The van der Waals surface area contributed by atoms with E-state index in [2.05, 4.69) is 30.7 Å². The summed E-state index contributed by atoms with van der Waals surface area (Å²) in [7, 11) is 2.00. The summed E-state index contributed by atoms with van der Waals surface area (Å²) in [6, 6.07) is 10.2. The number of nitrogens with two attached hydrogens (primary N) is 1. The number of nitrogens with one attached hydrogen (secondary N) is 2. The van der Waals surface area contributed by atoms with Crippen molar-refractivity contribution in [1.82, 2.24) is 20.1 Å². The molecule has 2 heterocycles. The Labute approximate surface area is 183 Å². The number of carbonyl (C=O) groups is 2. The third kappa shape index (κ3) is 4.40. The topological polar surface area (TPSA) is 126 Å². The number of primary amides is 1. The summed E-state index contributed by atoms with van der Waals surface area (Å²) in [5.41, 5.74) is 8.33. The molecule has 0 fully saturated rings. The third-order valence-corrected chi connectivity index (χ3v) is 5.28. The molecule has 10 heteroatoms. The maximum absolute atomic E-state index is 14.6. The van der Waals surface area contributed by atoms with Gasteiger partial charge in [0, 0.05) is 18.7 Å². The van der Waals surface area contributed by atoms with Crippen LogP contribution in [0.5, 0.6) is 0 Å². The van der Waals surface area contributed by atoms with Gasteiger partial charge in [-0.3, -0.25) is 9.59 Å². The number of fused-ring (bicyclic) bond motifs is 1. The maximum atomic E-state index is 14.6. The molecule has 32 heavy (non-hydrogen) atoms. The van der Waals surface area contributed by atoms with E-state index in [0.29, 0.717) is 12.1 Å². The van der Waals surface area contributed by atoms with E-state index in [1.54, 1.807) is 37.3 Å². The van der Waals surface area contributed by atoms with E-state index in [1.807, 2.05) is 7.05 Å². The van der Waals surface area contributed by atoms with Crippen LogP contribution >= 0.6 is 0 Å². The van der Waals surface area contributed by atoms with Gasteiger partial charge in [-0.05, 0) is 55.3 Å². The third-order valence-electron chi connectivity index (χ3n) is 5.28. The summed E-state index contributed by atoms with van der Waals surface area (Å²) in [4.78, 5) is 30.8. The van der Waals surface area contributed by atoms with Gasteiger partial charge in [-0.1, -0.05) is 18.2 Å². The van der Waals surface area contributed by atoms with Gasteiger partial charge in [0.1, 0.15) is 5.82 Å². The van der Waals surface area contributed by atoms with Crippen LogP contribution in [0.1, 0.15) is 37.5 Å². The molecule has 0 bridgehead atoms. The number of amides is 2. The zero-order chi connectivity index (χ0) is 22.8. The van der Waals surface area contributed by atoms with Crippen LogP contribution in [0, 0.1) is 12.7 Å². The molecule has 0 atom stereocenters. The van der Waals surface area contributed by atoms with Crippen LogP contribution in [-0.4, -0.2) is 45.5 Å². The van der Waals surface area contributed by atoms with Crippen molar-refractivity contribution in [3.05, 3.63) is 70.2 Å². The van der Waals surface area contributed by atoms with Gasteiger partial charge < -0.3 is 21.3 Å². The van der Waals surface area contributed by atoms with Crippen LogP contribution in [0.25, 0.3) is 0 Å². The summed E-state index contributed by atoms with van der Waals surface area (Å²) >= 11 is 0. The second-order valence-corrected chi connectivity index (χ2v) is 7.68. The summed E-state index contributed by atoms with van der Waals surface area (Å²) in [5, 5.41) is 12.9. The second kappa shape index (κ2) is 8.67. The first-order valence-electron chi connectivity index (χ1n) is 10.00. The fourth-order valence-electron chi connectivity index (χ4n) is 3.57. The average molecular weight is 435 g/mol. The van der Waals surface area contributed by atoms with Crippen LogP contribution in [0.15, 0.2) is 36.4 Å². The van der Waals surface area contributed by atoms with Gasteiger partial charge >= 0.3 is 0 Å². The number of halogens is 1. The first kappa shape index (κ1) is 21.3. The molecule has 0 unspecified atom stereocenters. The standard InChI is InChI=1S/C22H22FN7O2/c1-12-5-3-4-6-15(12)21(32)26-20-18(19(24)31)28-29-22(27-20)25-17-10-14-11-30(2)8-7-13(14)9-16(17)23/h3-6,9-10H,7-8,11H2,1-2H3,(H2,24,31)(H2,25,26,27,29,32). The molecular weight excluding hydrogens is 413 g/mol. The van der Waals surface area contributed by atoms with Crippen molar-refractivity contribution in [3.63, 3.8) is 0 Å². The van der Waals surface area contributed by atoms with Gasteiger partial charge in [-0.2, -0.15) is 4.98 Å². The lowest BCUT2D eigenvalue weighted by atomic mass is 9.99. The fraction of sp³-hybridized carbons (Fsp3) is 0.227. The van der Waals surface area contributed by atoms with Gasteiger partial charge in [-0.25, -0.2) is 4.39 Å². The SMILES string of the molecule is Cc1ccccc1C(=O)Nc1nc(Nc2cc3c(cc2F)CCN(C)C3)nnc1C(N)=O. The van der Waals surface area contributed by atoms with Gasteiger partial charge in [0.15, 0.2) is 11.5 Å². The summed E-state index contributed by atoms with van der Waals surface area (Å²) in [6.45, 7) is 3.35. The smallest absolute Gasteiger partial charge is 0.273 e. The zero-order valence-corrected chi connectivity index (χ0v) is 17.6. The number of aromatic nitrogens is 3. The zero-order valence-electron chi connectivity index (χ0n) is 17.6. The molecule has 4 N–H and O–H groups in total. The number of carbonyl (C=O) groups excluding carboxylic acids is 2. The van der Waals surface area contributed by atoms with Crippen LogP contribution in [0.4, 0.5) is 21.8 Å². The minimum atomic E-state index is -0.903. The van der Waals surface area contributed by atoms with E-state index in [0.717, 1.165) is 29.7 Å². The van der Waals surface area contributed by atoms with Gasteiger partial charge in [0.2, 0.25) is 5.95 Å². The normalized spacial score (nSPS) is 13.3. The molecule has 4 rings (SSSR count). The largest absolute Gasteiger partial charge is 0.364 e. The number of benzene rings is 2. The minimum absolute atomic E-state index is 0.0851. The molecule has 1 aliphatic heterocycles. The summed E-state index contributed by atoms with van der Waals surface area (Å²) in [6.07, 6.45) is 0.767. The Morgan fingerprint density at radius 3 is 2.69 bits per heavy atom. The Morgan fingerprint density at radius 2 is 1.94 bits per heavy atom. The molecule has 9 nitrogen and oxygen atoms in total. The lowest BCUT2D eigenvalue weighted by molar-refractivity contribution is 0.0995. The Balaban J connectivity index is 1.64. The molecular formula is C22H22FN7O2. The quantitative estimate of drug-likeness (QED) is 0.562. The number of hydrogen-bond acceptors (Lipinski definition) is 7. The molecule has 1 aromatic heterocycles. The highest BCUT2D eigenvalue weighted by molar-refractivity contribution is 6.07. The van der Waals surface area contributed by atoms with Gasteiger partial charge in [-0.15, -0.1) is 10.2 Å². The van der Waals surface area contributed by atoms with Gasteiger partial charge in [0.05, 0.1) is 5.69 Å². The van der Waals surface area contributed by atoms with E-state index in [-0.39, 0.29) is 23.1 Å². The van der Waals surface area contributed by atoms with Crippen LogP contribution < -0.4 is 16.4 Å². The van der Waals surface area contributed by atoms with Gasteiger partial charge in [0.25, 0.3) is 11.8 Å². The molecule has 0 spiro atoms. The summed E-state index contributed by atoms with van der Waals surface area (Å²) in [5.74, 6) is -2.10. The molecule has 0 aliphatic carbocycles. The maximum Gasteiger partial charge on any atom is 0.273 e. The monoisotopic (exact) mass is 435 g/mol. The molecule has 0 saturated heterocycles. The Bertz CT molecular complexity index is 1210. The Morgan fingerprint density at radius 1 is 1.16 bits per heavy atom. The first-order valence-corrected chi connectivity index (χ1v) is 10.00. The fourth-order valence-corrected chi connectivity index (χ4v) is 3.57. The predicted molar refractivity (Wildman–Crippen MR) is 117 cm³/mol. The van der Waals surface area contributed by atoms with Crippen molar-refractivity contribution >= 4 is 29.3 Å². The highest BCUT2D eigenvalue weighted by Crippen LogP contribution is 2.27. The number of aryl methyl sites for hydroxylation is 1. The molecule has 2 amide bonds. The number of nitrogens with zero attached hydrogens (tertiary/aromatic N) is 4. The lowest BCUT2D eigenvalue weighted by Crippen LogP contribution is -2.26. The molecule has 3 aromatic rings. The predicted octanol–water partition coefficient (Wildman–Crippen LogP) is 2.40. The van der Waals surface area contributed by atoms with Crippen molar-refractivity contribution in [2.24, 2.45) is 5.73 Å². The number of hydrogen-bond donors (Lipinski definition) is 3. The number of likely N-dealkylation sites (N-methyl/N-ethyl adjacent to an activating group) is 1. The van der Waals surface area contributed by atoms with Crippen molar-refractivity contribution in [2.75, 3.05) is 24.2 Å². The van der Waals surface area contributed by atoms with Crippen molar-refractivity contribution in [2.45, 2.75) is 19.9 Å². The van der Waals surface area contributed by atoms with E-state index < -0.39 is 17.6 Å². The Hall–Kier alpha value is -3.92. The van der Waals surface area contributed by atoms with Crippen molar-refractivity contribution in [3.8, 4) is 0 Å². The van der Waals surface area contributed by atoms with Crippen LogP contribution in [0.2, 0.25) is 0 Å². The molecule has 164 valence electrons. The lowest BCUT2D eigenvalue weighted by Gasteiger charge is -2.25. The summed E-state index contributed by atoms with van der Waals surface area (Å²) < 4.78 is 14.6. The Kier molecular flexibility index (Phi) is 5.78. The highest BCUT2D eigenvalue weighted by atomic mass is 19.1. The molecule has 0 radical (unpaired) electrons. The molecule has 2 aromatic carbocycles. The van der Waals surface area contributed by atoms with Crippen LogP contribution in [0.3, 0.4) is 0 Å². The second-order valence-electron chi connectivity index (χ2n) is 7.68. The number of anilines is 3. The molecule has 1 aliphatic rings. The minimum Gasteiger partial charge on any atom is -0.364 e. The highest BCUT2D eigenvalue weighted by Gasteiger charge is 2.20. The van der Waals surface area contributed by atoms with E-state index >= 15 is 0 Å². The number of rotatable bonds is 5. The first-order chi connectivity index (χ1) is 15.3. The van der Waals surface area contributed by atoms with E-state index in [9.17, 15) is 14.0 Å². The average Bonchev–Trinajstić information content (AvgIpc) is 2.75. The van der Waals surface area contributed by atoms with Crippen molar-refractivity contribution < 1.29 is 14.0 Å². The van der Waals surface area contributed by atoms with Crippen molar-refractivity contribution in [1.29, 1.82) is 0 Å².